The Balaban J connectivity index is 2.35. The van der Waals surface area contributed by atoms with E-state index in [1.54, 1.807) is 6.07 Å². The van der Waals surface area contributed by atoms with Crippen LogP contribution >= 0.6 is 0 Å². The van der Waals surface area contributed by atoms with Gasteiger partial charge in [0, 0.05) is 18.1 Å². The molecule has 0 fully saturated rings. The minimum absolute atomic E-state index is 0.00903. The van der Waals surface area contributed by atoms with Gasteiger partial charge in [0.2, 0.25) is 0 Å². The standard InChI is InChI=1S/C11H12O4/c1-6-2-8-3-7(4-11(13)14)9(12)5-10(8)15-6/h3,5-6,12H,2,4H2,1H3,(H,13,14). The van der Waals surface area contributed by atoms with Crippen LogP contribution in [0, 0.1) is 0 Å². The molecule has 4 nitrogen and oxygen atoms in total. The molecule has 1 aliphatic heterocycles. The molecule has 2 N–H and O–H groups in total. The molecule has 1 aliphatic rings. The maximum atomic E-state index is 10.5. The second kappa shape index (κ2) is 3.46. The van der Waals surface area contributed by atoms with Gasteiger partial charge in [-0.15, -0.1) is 0 Å². The number of carboxylic acids is 1. The van der Waals surface area contributed by atoms with Crippen LogP contribution in [-0.2, 0) is 17.6 Å². The van der Waals surface area contributed by atoms with Crippen molar-refractivity contribution in [2.45, 2.75) is 25.9 Å². The first-order valence-electron chi connectivity index (χ1n) is 4.79. The van der Waals surface area contributed by atoms with Crippen molar-refractivity contribution < 1.29 is 19.7 Å². The molecule has 0 bridgehead atoms. The van der Waals surface area contributed by atoms with E-state index in [2.05, 4.69) is 0 Å². The van der Waals surface area contributed by atoms with Gasteiger partial charge < -0.3 is 14.9 Å². The van der Waals surface area contributed by atoms with E-state index in [4.69, 9.17) is 9.84 Å². The largest absolute Gasteiger partial charge is 0.508 e. The van der Waals surface area contributed by atoms with Crippen molar-refractivity contribution in [1.82, 2.24) is 0 Å². The summed E-state index contributed by atoms with van der Waals surface area (Å²) in [4.78, 5) is 10.5. The number of hydrogen-bond donors (Lipinski definition) is 2. The molecule has 15 heavy (non-hydrogen) atoms. The average molecular weight is 208 g/mol. The van der Waals surface area contributed by atoms with Crippen LogP contribution in [0.15, 0.2) is 12.1 Å². The predicted octanol–water partition coefficient (Wildman–Crippen LogP) is 1.34. The van der Waals surface area contributed by atoms with E-state index in [1.807, 2.05) is 6.92 Å². The molecule has 4 heteroatoms. The Morgan fingerprint density at radius 3 is 3.00 bits per heavy atom. The summed E-state index contributed by atoms with van der Waals surface area (Å²) in [5, 5.41) is 18.2. The van der Waals surface area contributed by atoms with Gasteiger partial charge in [-0.2, -0.15) is 0 Å². The highest BCUT2D eigenvalue weighted by molar-refractivity contribution is 5.71. The average Bonchev–Trinajstić information content (AvgIpc) is 2.44. The minimum Gasteiger partial charge on any atom is -0.508 e. The molecule has 0 spiro atoms. The Hall–Kier alpha value is -1.71. The molecule has 0 radical (unpaired) electrons. The van der Waals surface area contributed by atoms with E-state index in [9.17, 15) is 9.90 Å². The van der Waals surface area contributed by atoms with Crippen LogP contribution in [0.2, 0.25) is 0 Å². The summed E-state index contributed by atoms with van der Waals surface area (Å²) >= 11 is 0. The summed E-state index contributed by atoms with van der Waals surface area (Å²) in [6.07, 6.45) is 0.704. The van der Waals surface area contributed by atoms with Gasteiger partial charge in [-0.1, -0.05) is 0 Å². The quantitative estimate of drug-likeness (QED) is 0.769. The van der Waals surface area contributed by atoms with E-state index >= 15 is 0 Å². The van der Waals surface area contributed by atoms with Gasteiger partial charge >= 0.3 is 5.97 Å². The summed E-state index contributed by atoms with van der Waals surface area (Å²) < 4.78 is 5.44. The number of benzene rings is 1. The molecule has 1 atom stereocenters. The molecule has 1 heterocycles. The Morgan fingerprint density at radius 1 is 1.60 bits per heavy atom. The molecule has 1 unspecified atom stereocenters. The van der Waals surface area contributed by atoms with E-state index < -0.39 is 5.97 Å². The maximum Gasteiger partial charge on any atom is 0.307 e. The predicted molar refractivity (Wildman–Crippen MR) is 53.2 cm³/mol. The van der Waals surface area contributed by atoms with Crippen molar-refractivity contribution in [3.05, 3.63) is 23.3 Å². The zero-order valence-corrected chi connectivity index (χ0v) is 8.36. The molecule has 0 saturated carbocycles. The van der Waals surface area contributed by atoms with Crippen LogP contribution in [0.1, 0.15) is 18.1 Å². The van der Waals surface area contributed by atoms with Crippen LogP contribution in [0.3, 0.4) is 0 Å². The van der Waals surface area contributed by atoms with Gasteiger partial charge in [-0.25, -0.2) is 0 Å². The van der Waals surface area contributed by atoms with Crippen molar-refractivity contribution in [3.63, 3.8) is 0 Å². The molecular weight excluding hydrogens is 196 g/mol. The third kappa shape index (κ3) is 1.88. The first kappa shape index (κ1) is 9.83. The topological polar surface area (TPSA) is 66.8 Å². The number of phenolic OH excluding ortho intramolecular Hbond substituents is 1. The number of carbonyl (C=O) groups is 1. The normalized spacial score (nSPS) is 18.3. The molecule has 1 aromatic carbocycles. The van der Waals surface area contributed by atoms with Crippen molar-refractivity contribution in [2.75, 3.05) is 0 Å². The number of carboxylic acid groups (broad SMARTS) is 1. The second-order valence-electron chi connectivity index (χ2n) is 3.79. The summed E-state index contributed by atoms with van der Waals surface area (Å²) in [6, 6.07) is 3.21. The van der Waals surface area contributed by atoms with E-state index in [1.165, 1.54) is 6.07 Å². The van der Waals surface area contributed by atoms with E-state index in [0.29, 0.717) is 11.3 Å². The minimum atomic E-state index is -0.947. The van der Waals surface area contributed by atoms with Crippen molar-refractivity contribution in [3.8, 4) is 11.5 Å². The smallest absolute Gasteiger partial charge is 0.307 e. The van der Waals surface area contributed by atoms with Crippen LogP contribution in [-0.4, -0.2) is 22.3 Å². The Kier molecular flexibility index (Phi) is 2.26. The number of hydrogen-bond acceptors (Lipinski definition) is 3. The fourth-order valence-electron chi connectivity index (χ4n) is 1.81. The van der Waals surface area contributed by atoms with Crippen LogP contribution in [0.5, 0.6) is 11.5 Å². The van der Waals surface area contributed by atoms with Gasteiger partial charge in [-0.3, -0.25) is 4.79 Å². The van der Waals surface area contributed by atoms with Gasteiger partial charge in [0.05, 0.1) is 6.42 Å². The summed E-state index contributed by atoms with van der Waals surface area (Å²) in [5.41, 5.74) is 1.41. The molecule has 2 rings (SSSR count). The molecule has 80 valence electrons. The summed E-state index contributed by atoms with van der Waals surface area (Å²) in [5.74, 6) is -0.295. The van der Waals surface area contributed by atoms with Crippen molar-refractivity contribution in [1.29, 1.82) is 0 Å². The number of aromatic hydroxyl groups is 1. The zero-order chi connectivity index (χ0) is 11.0. The maximum absolute atomic E-state index is 10.5. The highest BCUT2D eigenvalue weighted by atomic mass is 16.5. The lowest BCUT2D eigenvalue weighted by molar-refractivity contribution is -0.136. The second-order valence-corrected chi connectivity index (χ2v) is 3.79. The third-order valence-electron chi connectivity index (χ3n) is 2.44. The first-order chi connectivity index (χ1) is 7.06. The Bertz CT molecular complexity index is 411. The van der Waals surface area contributed by atoms with Gasteiger partial charge in [-0.05, 0) is 18.6 Å². The number of phenols is 1. The fraction of sp³-hybridized carbons (Fsp3) is 0.364. The molecule has 0 amide bonds. The Labute approximate surface area is 87.1 Å². The molecule has 1 aromatic rings. The lowest BCUT2D eigenvalue weighted by atomic mass is 10.0. The number of ether oxygens (including phenoxy) is 1. The number of fused-ring (bicyclic) bond motifs is 1. The van der Waals surface area contributed by atoms with Gasteiger partial charge in [0.25, 0.3) is 0 Å². The van der Waals surface area contributed by atoms with Gasteiger partial charge in [0.1, 0.15) is 17.6 Å². The molecular formula is C11H12O4. The van der Waals surface area contributed by atoms with Crippen LogP contribution in [0.4, 0.5) is 0 Å². The van der Waals surface area contributed by atoms with Crippen LogP contribution < -0.4 is 4.74 Å². The summed E-state index contributed by atoms with van der Waals surface area (Å²) in [6.45, 7) is 1.94. The molecule has 0 aliphatic carbocycles. The SMILES string of the molecule is CC1Cc2cc(CC(=O)O)c(O)cc2O1. The lowest BCUT2D eigenvalue weighted by Crippen LogP contribution is -2.05. The highest BCUT2D eigenvalue weighted by Crippen LogP contribution is 2.34. The molecule has 0 aromatic heterocycles. The zero-order valence-electron chi connectivity index (χ0n) is 8.36. The monoisotopic (exact) mass is 208 g/mol. The Morgan fingerprint density at radius 2 is 2.33 bits per heavy atom. The van der Waals surface area contributed by atoms with E-state index in [0.717, 1.165) is 12.0 Å². The number of rotatable bonds is 2. The lowest BCUT2D eigenvalue weighted by Gasteiger charge is -2.05. The van der Waals surface area contributed by atoms with Crippen molar-refractivity contribution in [2.24, 2.45) is 0 Å². The molecule has 0 saturated heterocycles. The summed E-state index contributed by atoms with van der Waals surface area (Å²) in [7, 11) is 0. The van der Waals surface area contributed by atoms with Crippen LogP contribution in [0.25, 0.3) is 0 Å². The number of aliphatic carboxylic acids is 1. The third-order valence-corrected chi connectivity index (χ3v) is 2.44. The highest BCUT2D eigenvalue weighted by Gasteiger charge is 2.21. The first-order valence-corrected chi connectivity index (χ1v) is 4.79. The fourth-order valence-corrected chi connectivity index (χ4v) is 1.81. The van der Waals surface area contributed by atoms with Gasteiger partial charge in [0.15, 0.2) is 0 Å². The van der Waals surface area contributed by atoms with E-state index in [-0.39, 0.29) is 18.3 Å². The van der Waals surface area contributed by atoms with Crippen molar-refractivity contribution >= 4 is 5.97 Å².